The zero-order valence-electron chi connectivity index (χ0n) is 19.7. The Bertz CT molecular complexity index is 1400. The normalized spacial score (nSPS) is 11.4. The van der Waals surface area contributed by atoms with E-state index in [2.05, 4.69) is 20.3 Å². The van der Waals surface area contributed by atoms with E-state index in [-0.39, 0.29) is 41.3 Å². The molecule has 8 nitrogen and oxygen atoms in total. The average Bonchev–Trinajstić information content (AvgIpc) is 3.30. The second kappa shape index (κ2) is 11.2. The molecule has 0 atom stereocenters. The molecular formula is C24H19F6N5O3. The van der Waals surface area contributed by atoms with Gasteiger partial charge >= 0.3 is 12.4 Å². The lowest BCUT2D eigenvalue weighted by atomic mass is 10.1. The molecular weight excluding hydrogens is 520 g/mol. The first kappa shape index (κ1) is 28.0. The van der Waals surface area contributed by atoms with Crippen molar-refractivity contribution in [3.63, 3.8) is 0 Å². The summed E-state index contributed by atoms with van der Waals surface area (Å²) in [7, 11) is 1.56. The number of nitrogens with zero attached hydrogens (tertiary/aromatic N) is 3. The predicted molar refractivity (Wildman–Crippen MR) is 127 cm³/mol. The van der Waals surface area contributed by atoms with E-state index in [9.17, 15) is 36.5 Å². The molecule has 14 heteroatoms. The van der Waals surface area contributed by atoms with Crippen LogP contribution in [0.15, 0.2) is 66.9 Å². The van der Waals surface area contributed by atoms with Gasteiger partial charge in [-0.05, 0) is 18.2 Å². The highest BCUT2D eigenvalue weighted by Gasteiger charge is 2.37. The van der Waals surface area contributed by atoms with Crippen molar-refractivity contribution in [3.8, 4) is 34.3 Å². The third-order valence-corrected chi connectivity index (χ3v) is 4.68. The Morgan fingerprint density at radius 2 is 1.61 bits per heavy atom. The van der Waals surface area contributed by atoms with Gasteiger partial charge in [0.1, 0.15) is 34.3 Å². The molecule has 2 aromatic carbocycles. The molecule has 0 aliphatic carbocycles. The van der Waals surface area contributed by atoms with Crippen molar-refractivity contribution in [2.45, 2.75) is 19.3 Å². The number of aromatic amines is 1. The van der Waals surface area contributed by atoms with Crippen LogP contribution in [-0.4, -0.2) is 33.1 Å². The Balaban J connectivity index is 0.000000732. The summed E-state index contributed by atoms with van der Waals surface area (Å²) in [5, 5.41) is 14.0. The zero-order valence-corrected chi connectivity index (χ0v) is 19.7. The van der Waals surface area contributed by atoms with E-state index in [1.165, 1.54) is 48.7 Å². The molecule has 0 radical (unpaired) electrons. The summed E-state index contributed by atoms with van der Waals surface area (Å²) in [5.41, 5.74) is -0.693. The van der Waals surface area contributed by atoms with Gasteiger partial charge in [0.25, 0.3) is 5.69 Å². The maximum absolute atomic E-state index is 13.6. The number of nitro benzene ring substituents is 1. The lowest BCUT2D eigenvalue weighted by Crippen LogP contribution is -2.07. The summed E-state index contributed by atoms with van der Waals surface area (Å²) in [6.07, 6.45) is -7.31. The molecule has 0 bridgehead atoms. The number of halogens is 6. The number of imidazole rings is 1. The predicted octanol–water partition coefficient (Wildman–Crippen LogP) is 7.47. The van der Waals surface area contributed by atoms with Gasteiger partial charge in [-0.25, -0.2) is 4.98 Å². The quantitative estimate of drug-likeness (QED) is 0.150. The molecule has 2 N–H and O–H groups in total. The number of aromatic nitrogens is 3. The van der Waals surface area contributed by atoms with Crippen molar-refractivity contribution in [1.29, 1.82) is 0 Å². The molecule has 2 aromatic heterocycles. The smallest absolute Gasteiger partial charge is 0.433 e. The zero-order chi connectivity index (χ0) is 28.1. The Morgan fingerprint density at radius 3 is 2.18 bits per heavy atom. The number of pyridine rings is 1. The minimum atomic E-state index is -4.65. The molecule has 0 unspecified atom stereocenters. The van der Waals surface area contributed by atoms with Crippen LogP contribution in [0.1, 0.15) is 12.6 Å². The average molecular weight is 539 g/mol. The lowest BCUT2D eigenvalue weighted by molar-refractivity contribution is -0.384. The molecule has 0 fully saturated rings. The fourth-order valence-corrected chi connectivity index (χ4v) is 3.18. The van der Waals surface area contributed by atoms with Gasteiger partial charge in [0.2, 0.25) is 0 Å². The van der Waals surface area contributed by atoms with Gasteiger partial charge in [0.15, 0.2) is 5.82 Å². The Morgan fingerprint density at radius 1 is 0.974 bits per heavy atom. The molecule has 0 saturated carbocycles. The highest BCUT2D eigenvalue weighted by Crippen LogP contribution is 2.38. The molecule has 0 saturated heterocycles. The fraction of sp³-hybridized carbons (Fsp3) is 0.167. The van der Waals surface area contributed by atoms with Crippen LogP contribution in [0.25, 0.3) is 22.8 Å². The first-order valence-electron chi connectivity index (χ1n) is 10.7. The van der Waals surface area contributed by atoms with Crippen LogP contribution < -0.4 is 10.1 Å². The van der Waals surface area contributed by atoms with E-state index in [4.69, 9.17) is 4.74 Å². The van der Waals surface area contributed by atoms with Gasteiger partial charge in [0, 0.05) is 31.8 Å². The van der Waals surface area contributed by atoms with Crippen LogP contribution in [0.3, 0.4) is 0 Å². The second-order valence-electron chi connectivity index (χ2n) is 7.62. The number of H-pyrrole nitrogens is 1. The molecule has 38 heavy (non-hydrogen) atoms. The third kappa shape index (κ3) is 7.44. The molecule has 0 aliphatic heterocycles. The topological polar surface area (TPSA) is 106 Å². The van der Waals surface area contributed by atoms with E-state index in [0.717, 1.165) is 0 Å². The summed E-state index contributed by atoms with van der Waals surface area (Å²) in [4.78, 5) is 21.2. The summed E-state index contributed by atoms with van der Waals surface area (Å²) in [6, 6.07) is 15.1. The van der Waals surface area contributed by atoms with Gasteiger partial charge in [-0.3, -0.25) is 15.1 Å². The van der Waals surface area contributed by atoms with E-state index in [1.54, 1.807) is 25.2 Å². The number of hydrogen-bond acceptors (Lipinski definition) is 6. The van der Waals surface area contributed by atoms with E-state index in [0.29, 0.717) is 11.3 Å². The van der Waals surface area contributed by atoms with Crippen LogP contribution in [0.2, 0.25) is 0 Å². The SMILES string of the molecule is CC(F)(F)F.CNc1ccc(Oc2ccnc(-c3nc(-c4ccccc4)c(C(F)(F)F)[nH]3)c2)cc1[N+](=O)[O-]. The highest BCUT2D eigenvalue weighted by atomic mass is 19.4. The standard InChI is InChI=1S/C22H16F3N5O3.C2H3F3/c1-26-16-8-7-14(12-18(16)30(31)32)33-15-9-10-27-17(11-15)21-28-19(13-5-3-2-4-6-13)20(29-21)22(23,24)25;1-2(3,4)5/h2-12,26H,1H3,(H,28,29);1H3. The van der Waals surface area contributed by atoms with Gasteiger partial charge < -0.3 is 15.0 Å². The van der Waals surface area contributed by atoms with Crippen LogP contribution in [-0.2, 0) is 6.18 Å². The van der Waals surface area contributed by atoms with E-state index >= 15 is 0 Å². The van der Waals surface area contributed by atoms with Crippen molar-refractivity contribution >= 4 is 11.4 Å². The van der Waals surface area contributed by atoms with Crippen LogP contribution in [0.5, 0.6) is 11.5 Å². The van der Waals surface area contributed by atoms with Gasteiger partial charge in [-0.1, -0.05) is 30.3 Å². The maximum Gasteiger partial charge on any atom is 0.433 e. The van der Waals surface area contributed by atoms with Crippen molar-refractivity contribution in [3.05, 3.63) is 82.7 Å². The number of alkyl halides is 6. The minimum absolute atomic E-state index is 0.0943. The number of hydrogen-bond donors (Lipinski definition) is 2. The minimum Gasteiger partial charge on any atom is -0.457 e. The number of nitrogens with one attached hydrogen (secondary N) is 2. The molecule has 4 aromatic rings. The Hall–Kier alpha value is -4.62. The van der Waals surface area contributed by atoms with Gasteiger partial charge in [-0.2, -0.15) is 26.3 Å². The monoisotopic (exact) mass is 539 g/mol. The molecule has 0 amide bonds. The maximum atomic E-state index is 13.6. The summed E-state index contributed by atoms with van der Waals surface area (Å²) >= 11 is 0. The Kier molecular flexibility index (Phi) is 8.23. The largest absolute Gasteiger partial charge is 0.457 e. The fourth-order valence-electron chi connectivity index (χ4n) is 3.18. The van der Waals surface area contributed by atoms with Crippen LogP contribution in [0, 0.1) is 10.1 Å². The molecule has 0 aliphatic rings. The van der Waals surface area contributed by atoms with Crippen molar-refractivity contribution in [2.24, 2.45) is 0 Å². The number of nitro groups is 1. The van der Waals surface area contributed by atoms with Crippen molar-refractivity contribution in [2.75, 3.05) is 12.4 Å². The lowest BCUT2D eigenvalue weighted by Gasteiger charge is -2.08. The molecule has 200 valence electrons. The molecule has 4 rings (SSSR count). The van der Waals surface area contributed by atoms with Crippen molar-refractivity contribution < 1.29 is 36.0 Å². The van der Waals surface area contributed by atoms with Gasteiger partial charge in [0.05, 0.1) is 11.0 Å². The van der Waals surface area contributed by atoms with Crippen LogP contribution >= 0.6 is 0 Å². The number of ether oxygens (including phenoxy) is 1. The first-order valence-corrected chi connectivity index (χ1v) is 10.7. The number of rotatable bonds is 6. The summed E-state index contributed by atoms with van der Waals surface area (Å²) in [5.74, 6) is 0.305. The number of anilines is 1. The van der Waals surface area contributed by atoms with Gasteiger partial charge in [-0.15, -0.1) is 0 Å². The Labute approximate surface area is 211 Å². The van der Waals surface area contributed by atoms with Crippen LogP contribution in [0.4, 0.5) is 37.7 Å². The first-order chi connectivity index (χ1) is 17.8. The molecule has 2 heterocycles. The molecule has 0 spiro atoms. The highest BCUT2D eigenvalue weighted by molar-refractivity contribution is 5.67. The van der Waals surface area contributed by atoms with Crippen molar-refractivity contribution in [1.82, 2.24) is 15.0 Å². The summed E-state index contributed by atoms with van der Waals surface area (Å²) in [6.45, 7) is 0.188. The number of benzene rings is 2. The third-order valence-electron chi connectivity index (χ3n) is 4.68. The van der Waals surface area contributed by atoms with E-state index < -0.39 is 23.0 Å². The van der Waals surface area contributed by atoms with E-state index in [1.807, 2.05) is 0 Å². The summed E-state index contributed by atoms with van der Waals surface area (Å²) < 4.78 is 77.6. The second-order valence-corrected chi connectivity index (χ2v) is 7.62.